The third-order valence-corrected chi connectivity index (χ3v) is 3.89. The molecule has 1 N–H and O–H groups in total. The zero-order valence-electron chi connectivity index (χ0n) is 14.9. The van der Waals surface area contributed by atoms with Gasteiger partial charge >= 0.3 is 6.09 Å². The van der Waals surface area contributed by atoms with E-state index in [1.165, 1.54) is 84.2 Å². The van der Waals surface area contributed by atoms with Gasteiger partial charge in [-0.1, -0.05) is 70.4 Å². The first-order valence-corrected chi connectivity index (χ1v) is 9.28. The van der Waals surface area contributed by atoms with Crippen molar-refractivity contribution in [3.63, 3.8) is 0 Å². The Labute approximate surface area is 137 Å². The maximum absolute atomic E-state index is 10.8. The zero-order valence-corrected chi connectivity index (χ0v) is 14.9. The van der Waals surface area contributed by atoms with Crippen molar-refractivity contribution in [1.82, 2.24) is 5.32 Å². The highest BCUT2D eigenvalue weighted by atomic mass is 16.5. The first-order chi connectivity index (χ1) is 10.8. The van der Waals surface area contributed by atoms with Gasteiger partial charge in [0.1, 0.15) is 0 Å². The lowest BCUT2D eigenvalue weighted by Crippen LogP contribution is -2.23. The van der Waals surface area contributed by atoms with E-state index in [9.17, 15) is 4.79 Å². The molecule has 0 aromatic carbocycles. The molecule has 0 fully saturated rings. The minimum Gasteiger partial charge on any atom is -0.453 e. The number of nitrogens with one attached hydrogen (secondary N) is 1. The molecule has 0 aromatic rings. The number of allylic oxidation sites excluding steroid dienone is 2. The number of alkyl carbamates (subject to hydrolysis) is 1. The fourth-order valence-electron chi connectivity index (χ4n) is 2.46. The lowest BCUT2D eigenvalue weighted by molar-refractivity contribution is 0.171. The largest absolute Gasteiger partial charge is 0.453 e. The number of ether oxygens (including phenoxy) is 1. The van der Waals surface area contributed by atoms with Gasteiger partial charge in [-0.3, -0.25) is 0 Å². The molecule has 0 heterocycles. The molecule has 0 spiro atoms. The molecule has 0 aliphatic carbocycles. The summed E-state index contributed by atoms with van der Waals surface area (Å²) in [5, 5.41) is 2.71. The zero-order chi connectivity index (χ0) is 16.3. The summed E-state index contributed by atoms with van der Waals surface area (Å²) in [5.74, 6) is 0. The van der Waals surface area contributed by atoms with Gasteiger partial charge in [-0.15, -0.1) is 0 Å². The Kier molecular flexibility index (Phi) is 17.2. The Morgan fingerprint density at radius 3 is 1.86 bits per heavy atom. The number of hydrogen-bond donors (Lipinski definition) is 1. The van der Waals surface area contributed by atoms with E-state index < -0.39 is 0 Å². The highest BCUT2D eigenvalue weighted by molar-refractivity contribution is 5.66. The van der Waals surface area contributed by atoms with E-state index in [2.05, 4.69) is 29.1 Å². The Morgan fingerprint density at radius 2 is 1.32 bits per heavy atom. The van der Waals surface area contributed by atoms with E-state index in [1.807, 2.05) is 0 Å². The third kappa shape index (κ3) is 17.1. The molecule has 0 saturated carbocycles. The molecule has 22 heavy (non-hydrogen) atoms. The Morgan fingerprint density at radius 1 is 0.818 bits per heavy atom. The maximum Gasteiger partial charge on any atom is 0.406 e. The number of unbranched alkanes of at least 4 members (excludes halogenated alkanes) is 11. The van der Waals surface area contributed by atoms with Gasteiger partial charge in [0.15, 0.2) is 0 Å². The number of carbonyl (C=O) groups is 1. The van der Waals surface area contributed by atoms with Gasteiger partial charge in [0.25, 0.3) is 0 Å². The molecule has 3 nitrogen and oxygen atoms in total. The molecule has 130 valence electrons. The van der Waals surface area contributed by atoms with Gasteiger partial charge in [-0.2, -0.15) is 0 Å². The molecule has 0 saturated heterocycles. The normalized spacial score (nSPS) is 11.0. The SMILES string of the molecule is CCCCCCCC/C=C\CCCCCCCNC(=O)OC. The summed E-state index contributed by atoms with van der Waals surface area (Å²) >= 11 is 0. The summed E-state index contributed by atoms with van der Waals surface area (Å²) in [4.78, 5) is 10.8. The van der Waals surface area contributed by atoms with E-state index in [1.54, 1.807) is 0 Å². The van der Waals surface area contributed by atoms with E-state index in [-0.39, 0.29) is 6.09 Å². The van der Waals surface area contributed by atoms with Crippen molar-refractivity contribution in [3.05, 3.63) is 12.2 Å². The molecule has 0 atom stereocenters. The van der Waals surface area contributed by atoms with Crippen LogP contribution in [0.25, 0.3) is 0 Å². The molecule has 0 bridgehead atoms. The summed E-state index contributed by atoms with van der Waals surface area (Å²) in [6.45, 7) is 2.99. The second-order valence-corrected chi connectivity index (χ2v) is 6.00. The van der Waals surface area contributed by atoms with Crippen LogP contribution in [0.1, 0.15) is 90.4 Å². The topological polar surface area (TPSA) is 38.3 Å². The number of rotatable bonds is 15. The molecular weight excluding hydrogens is 274 g/mol. The summed E-state index contributed by atoms with van der Waals surface area (Å²) < 4.78 is 4.52. The smallest absolute Gasteiger partial charge is 0.406 e. The molecule has 0 aromatic heterocycles. The van der Waals surface area contributed by atoms with Gasteiger partial charge in [0, 0.05) is 6.54 Å². The van der Waals surface area contributed by atoms with Crippen LogP contribution < -0.4 is 5.32 Å². The van der Waals surface area contributed by atoms with Gasteiger partial charge in [-0.25, -0.2) is 4.79 Å². The lowest BCUT2D eigenvalue weighted by atomic mass is 10.1. The lowest BCUT2D eigenvalue weighted by Gasteiger charge is -2.03. The predicted octanol–water partition coefficient (Wildman–Crippen LogP) is 5.99. The molecule has 0 unspecified atom stereocenters. The molecular formula is C19H37NO2. The van der Waals surface area contributed by atoms with Crippen LogP contribution in [0, 0.1) is 0 Å². The van der Waals surface area contributed by atoms with E-state index >= 15 is 0 Å². The van der Waals surface area contributed by atoms with Crippen LogP contribution in [-0.2, 0) is 4.74 Å². The van der Waals surface area contributed by atoms with Gasteiger partial charge in [0.05, 0.1) is 7.11 Å². The monoisotopic (exact) mass is 311 g/mol. The van der Waals surface area contributed by atoms with Crippen molar-refractivity contribution < 1.29 is 9.53 Å². The van der Waals surface area contributed by atoms with Crippen molar-refractivity contribution in [3.8, 4) is 0 Å². The van der Waals surface area contributed by atoms with Crippen LogP contribution in [0.15, 0.2) is 12.2 Å². The molecule has 3 heteroatoms. The van der Waals surface area contributed by atoms with Crippen molar-refractivity contribution >= 4 is 6.09 Å². The molecule has 0 radical (unpaired) electrons. The van der Waals surface area contributed by atoms with Crippen molar-refractivity contribution in [1.29, 1.82) is 0 Å². The van der Waals surface area contributed by atoms with Crippen LogP contribution in [0.4, 0.5) is 4.79 Å². The fraction of sp³-hybridized carbons (Fsp3) is 0.842. The van der Waals surface area contributed by atoms with Crippen molar-refractivity contribution in [2.24, 2.45) is 0 Å². The fourth-order valence-corrected chi connectivity index (χ4v) is 2.46. The standard InChI is InChI=1S/C19H37NO2/c1-3-4-5-6-7-8-9-10-11-12-13-14-15-16-17-18-20-19(21)22-2/h10-11H,3-9,12-18H2,1-2H3,(H,20,21)/b11-10-. The van der Waals surface area contributed by atoms with Gasteiger partial charge < -0.3 is 10.1 Å². The first-order valence-electron chi connectivity index (χ1n) is 9.28. The van der Waals surface area contributed by atoms with Crippen molar-refractivity contribution in [2.45, 2.75) is 90.4 Å². The average Bonchev–Trinajstić information content (AvgIpc) is 2.54. The predicted molar refractivity (Wildman–Crippen MR) is 95.2 cm³/mol. The number of methoxy groups -OCH3 is 1. The van der Waals surface area contributed by atoms with Crippen LogP contribution in [0.2, 0.25) is 0 Å². The van der Waals surface area contributed by atoms with Crippen molar-refractivity contribution in [2.75, 3.05) is 13.7 Å². The second kappa shape index (κ2) is 18.1. The summed E-state index contributed by atoms with van der Waals surface area (Å²) in [5.41, 5.74) is 0. The maximum atomic E-state index is 10.8. The van der Waals surface area contributed by atoms with Crippen LogP contribution >= 0.6 is 0 Å². The minimum absolute atomic E-state index is 0.324. The Hall–Kier alpha value is -0.990. The number of amides is 1. The first kappa shape index (κ1) is 21.0. The van der Waals surface area contributed by atoms with Gasteiger partial charge in [-0.05, 0) is 32.1 Å². The number of hydrogen-bond acceptors (Lipinski definition) is 2. The minimum atomic E-state index is -0.324. The van der Waals surface area contributed by atoms with Crippen LogP contribution in [-0.4, -0.2) is 19.7 Å². The summed E-state index contributed by atoms with van der Waals surface area (Å²) in [7, 11) is 1.40. The summed E-state index contributed by atoms with van der Waals surface area (Å²) in [6.07, 6.45) is 21.2. The third-order valence-electron chi connectivity index (χ3n) is 3.89. The molecule has 0 aliphatic heterocycles. The quantitative estimate of drug-likeness (QED) is 0.298. The Balaban J connectivity index is 3.09. The van der Waals surface area contributed by atoms with Crippen LogP contribution in [0.3, 0.4) is 0 Å². The highest BCUT2D eigenvalue weighted by Crippen LogP contribution is 2.09. The number of carbonyl (C=O) groups excluding carboxylic acids is 1. The van der Waals surface area contributed by atoms with E-state index in [0.29, 0.717) is 0 Å². The highest BCUT2D eigenvalue weighted by Gasteiger charge is 1.96. The summed E-state index contributed by atoms with van der Waals surface area (Å²) in [6, 6.07) is 0. The molecule has 0 aliphatic rings. The van der Waals surface area contributed by atoms with E-state index in [0.717, 1.165) is 13.0 Å². The second-order valence-electron chi connectivity index (χ2n) is 6.00. The van der Waals surface area contributed by atoms with Gasteiger partial charge in [0.2, 0.25) is 0 Å². The molecule has 0 rings (SSSR count). The average molecular weight is 312 g/mol. The Bertz CT molecular complexity index is 264. The van der Waals surface area contributed by atoms with E-state index in [4.69, 9.17) is 0 Å². The molecule has 1 amide bonds. The van der Waals surface area contributed by atoms with Crippen LogP contribution in [0.5, 0.6) is 0 Å².